The normalized spacial score (nSPS) is 14.2. The number of rotatable bonds is 12. The molecule has 0 saturated heterocycles. The Hall–Kier alpha value is -4.54. The molecule has 0 radical (unpaired) electrons. The fraction of sp³-hybridized carbons (Fsp3) is 0.353. The van der Waals surface area contributed by atoms with Crippen LogP contribution in [0.15, 0.2) is 54.6 Å². The van der Waals surface area contributed by atoms with Crippen molar-refractivity contribution in [2.75, 3.05) is 26.7 Å². The van der Waals surface area contributed by atoms with Crippen LogP contribution in [-0.2, 0) is 40.9 Å². The molecule has 1 amide bonds. The van der Waals surface area contributed by atoms with Gasteiger partial charge in [-0.1, -0.05) is 30.3 Å². The summed E-state index contributed by atoms with van der Waals surface area (Å²) in [5.41, 5.74) is 2.20. The summed E-state index contributed by atoms with van der Waals surface area (Å²) in [6, 6.07) is 16.3. The molecule has 1 aliphatic heterocycles. The number of amides is 1. The zero-order valence-corrected chi connectivity index (χ0v) is 25.9. The monoisotopic (exact) mass is 604 g/mol. The van der Waals surface area contributed by atoms with Crippen LogP contribution in [0, 0.1) is 13.8 Å². The molecule has 0 fully saturated rings. The molecule has 10 nitrogen and oxygen atoms in total. The predicted octanol–water partition coefficient (Wildman–Crippen LogP) is 5.28. The minimum atomic E-state index is -1.13. The van der Waals surface area contributed by atoms with E-state index in [0.717, 1.165) is 12.0 Å². The van der Waals surface area contributed by atoms with Crippen molar-refractivity contribution in [1.29, 1.82) is 0 Å². The van der Waals surface area contributed by atoms with Gasteiger partial charge in [-0.15, -0.1) is 0 Å². The molecular weight excluding hydrogens is 566 g/mol. The number of likely N-dealkylation sites (N-methyl/N-ethyl adjacent to an activating group) is 1. The molecule has 1 atom stereocenters. The summed E-state index contributed by atoms with van der Waals surface area (Å²) in [4.78, 5) is 49.0. The van der Waals surface area contributed by atoms with Gasteiger partial charge in [-0.05, 0) is 50.6 Å². The van der Waals surface area contributed by atoms with Crippen LogP contribution < -0.4 is 14.2 Å². The lowest BCUT2D eigenvalue weighted by atomic mass is 9.78. The standard InChI is InChI=1S/C34H38NO9/c1-7-41-34(17-18-35(6,21-36)19-31(39)40-20-26-11-9-8-10-12-26)27-13-15-29(42-24(4)37)22(2)32(27)44-33-23(3)30(43-25(5)38)16-14-28(33)34/h8-16,21H,7,17-20H2,1-6H3/q+1. The second-order valence-electron chi connectivity index (χ2n) is 11.0. The molecule has 1 heterocycles. The SMILES string of the molecule is CCOC1(CC[N+](C)(C=O)CC(=O)OCc2ccccc2)c2ccc(OC(C)=O)c(C)c2Oc2c1ccc(OC(C)=O)c2C. The lowest BCUT2D eigenvalue weighted by Crippen LogP contribution is -2.50. The maximum atomic E-state index is 12.9. The molecule has 44 heavy (non-hydrogen) atoms. The molecule has 0 bridgehead atoms. The number of fused-ring (bicyclic) bond motifs is 2. The number of benzene rings is 3. The highest BCUT2D eigenvalue weighted by Gasteiger charge is 2.47. The van der Waals surface area contributed by atoms with Gasteiger partial charge >= 0.3 is 24.3 Å². The molecular formula is C34H38NO9+. The van der Waals surface area contributed by atoms with E-state index in [9.17, 15) is 19.2 Å². The van der Waals surface area contributed by atoms with Crippen molar-refractivity contribution in [3.05, 3.63) is 82.4 Å². The van der Waals surface area contributed by atoms with Gasteiger partial charge in [0.25, 0.3) is 0 Å². The summed E-state index contributed by atoms with van der Waals surface area (Å²) in [5.74, 6) is 0.0389. The third-order valence-electron chi connectivity index (χ3n) is 7.65. The maximum Gasteiger partial charge on any atom is 0.362 e. The minimum Gasteiger partial charge on any atom is -0.457 e. The van der Waals surface area contributed by atoms with E-state index in [1.54, 1.807) is 45.2 Å². The van der Waals surface area contributed by atoms with Crippen molar-refractivity contribution in [3.8, 4) is 23.0 Å². The van der Waals surface area contributed by atoms with Crippen LogP contribution in [0.4, 0.5) is 0 Å². The molecule has 4 rings (SSSR count). The first-order valence-corrected chi connectivity index (χ1v) is 14.4. The van der Waals surface area contributed by atoms with Crippen molar-refractivity contribution < 1.29 is 47.3 Å². The molecule has 3 aromatic rings. The molecule has 10 heteroatoms. The lowest BCUT2D eigenvalue weighted by molar-refractivity contribution is -0.819. The summed E-state index contributed by atoms with van der Waals surface area (Å²) in [7, 11) is 1.67. The van der Waals surface area contributed by atoms with Crippen molar-refractivity contribution in [2.45, 2.75) is 53.2 Å². The number of esters is 3. The largest absolute Gasteiger partial charge is 0.457 e. The number of hydrogen-bond donors (Lipinski definition) is 0. The first-order valence-electron chi connectivity index (χ1n) is 14.4. The van der Waals surface area contributed by atoms with Crippen LogP contribution >= 0.6 is 0 Å². The summed E-state index contributed by atoms with van der Waals surface area (Å²) in [5, 5.41) is 0. The molecule has 1 aliphatic rings. The van der Waals surface area contributed by atoms with E-state index >= 15 is 0 Å². The van der Waals surface area contributed by atoms with E-state index in [0.29, 0.717) is 51.9 Å². The average Bonchev–Trinajstić information content (AvgIpc) is 2.98. The molecule has 0 aromatic heterocycles. The van der Waals surface area contributed by atoms with Crippen molar-refractivity contribution in [1.82, 2.24) is 0 Å². The zero-order chi connectivity index (χ0) is 32.1. The Balaban J connectivity index is 1.75. The molecule has 232 valence electrons. The fourth-order valence-corrected chi connectivity index (χ4v) is 5.43. The van der Waals surface area contributed by atoms with Gasteiger partial charge in [0.2, 0.25) is 0 Å². The highest BCUT2D eigenvalue weighted by Crippen LogP contribution is 2.55. The summed E-state index contributed by atoms with van der Waals surface area (Å²) < 4.78 is 29.1. The quantitative estimate of drug-likeness (QED) is 0.118. The van der Waals surface area contributed by atoms with Gasteiger partial charge in [-0.25, -0.2) is 9.59 Å². The second-order valence-corrected chi connectivity index (χ2v) is 11.0. The van der Waals surface area contributed by atoms with E-state index in [2.05, 4.69) is 0 Å². The van der Waals surface area contributed by atoms with Crippen LogP contribution in [0.5, 0.6) is 23.0 Å². The average molecular weight is 605 g/mol. The topological polar surface area (TPSA) is 114 Å². The van der Waals surface area contributed by atoms with Gasteiger partial charge in [0.1, 0.15) is 35.2 Å². The Morgan fingerprint density at radius 3 is 1.89 bits per heavy atom. The Morgan fingerprint density at radius 1 is 0.864 bits per heavy atom. The van der Waals surface area contributed by atoms with E-state index in [1.807, 2.05) is 37.3 Å². The van der Waals surface area contributed by atoms with Crippen LogP contribution in [0.1, 0.15) is 55.0 Å². The van der Waals surface area contributed by atoms with E-state index < -0.39 is 23.5 Å². The number of nitrogens with zero attached hydrogens (tertiary/aromatic N) is 1. The van der Waals surface area contributed by atoms with Crippen LogP contribution in [0.3, 0.4) is 0 Å². The van der Waals surface area contributed by atoms with Gasteiger partial charge in [0, 0.05) is 49.1 Å². The summed E-state index contributed by atoms with van der Waals surface area (Å²) in [6.07, 6.45) is 0.999. The minimum absolute atomic E-state index is 0.105. The molecule has 0 aliphatic carbocycles. The molecule has 0 spiro atoms. The third-order valence-corrected chi connectivity index (χ3v) is 7.65. The van der Waals surface area contributed by atoms with E-state index in [4.69, 9.17) is 23.7 Å². The van der Waals surface area contributed by atoms with Gasteiger partial charge in [-0.3, -0.25) is 14.1 Å². The Morgan fingerprint density at radius 2 is 1.41 bits per heavy atom. The number of carbonyl (C=O) groups excluding carboxylic acids is 4. The predicted molar refractivity (Wildman–Crippen MR) is 160 cm³/mol. The molecule has 0 saturated carbocycles. The fourth-order valence-electron chi connectivity index (χ4n) is 5.43. The van der Waals surface area contributed by atoms with Gasteiger partial charge in [0.15, 0.2) is 6.54 Å². The highest BCUT2D eigenvalue weighted by atomic mass is 16.5. The van der Waals surface area contributed by atoms with Gasteiger partial charge < -0.3 is 23.7 Å². The van der Waals surface area contributed by atoms with Crippen molar-refractivity contribution in [2.24, 2.45) is 0 Å². The first kappa shape index (κ1) is 32.4. The highest BCUT2D eigenvalue weighted by molar-refractivity contribution is 5.73. The van der Waals surface area contributed by atoms with Crippen LogP contribution in [0.2, 0.25) is 0 Å². The zero-order valence-electron chi connectivity index (χ0n) is 25.9. The lowest BCUT2D eigenvalue weighted by Gasteiger charge is -2.42. The Labute approximate surface area is 257 Å². The third kappa shape index (κ3) is 6.82. The Kier molecular flexibility index (Phi) is 9.86. The van der Waals surface area contributed by atoms with Gasteiger partial charge in [0.05, 0.1) is 13.6 Å². The number of quaternary nitrogens is 1. The number of carbonyl (C=O) groups is 4. The van der Waals surface area contributed by atoms with E-state index in [-0.39, 0.29) is 30.6 Å². The van der Waals surface area contributed by atoms with Crippen molar-refractivity contribution in [3.63, 3.8) is 0 Å². The summed E-state index contributed by atoms with van der Waals surface area (Å²) >= 11 is 0. The molecule has 1 unspecified atom stereocenters. The van der Waals surface area contributed by atoms with Crippen LogP contribution in [-0.4, -0.2) is 55.5 Å². The van der Waals surface area contributed by atoms with Crippen molar-refractivity contribution >= 4 is 24.3 Å². The second kappa shape index (κ2) is 13.4. The van der Waals surface area contributed by atoms with E-state index in [1.165, 1.54) is 13.8 Å². The Bertz CT molecular complexity index is 1500. The number of hydrogen-bond acceptors (Lipinski definition) is 9. The maximum absolute atomic E-state index is 12.9. The number of ether oxygens (including phenoxy) is 5. The first-order chi connectivity index (χ1) is 20.9. The molecule has 3 aromatic carbocycles. The smallest absolute Gasteiger partial charge is 0.362 e. The summed E-state index contributed by atoms with van der Waals surface area (Å²) in [6.45, 7) is 8.49. The van der Waals surface area contributed by atoms with Crippen LogP contribution in [0.25, 0.3) is 0 Å². The molecule has 0 N–H and O–H groups in total. The van der Waals surface area contributed by atoms with Gasteiger partial charge in [-0.2, -0.15) is 0 Å².